The van der Waals surface area contributed by atoms with Gasteiger partial charge < -0.3 is 4.74 Å². The van der Waals surface area contributed by atoms with Crippen molar-refractivity contribution in [2.24, 2.45) is 0 Å². The summed E-state index contributed by atoms with van der Waals surface area (Å²) in [6.45, 7) is 5.82. The third kappa shape index (κ3) is 13.4. The van der Waals surface area contributed by atoms with E-state index in [2.05, 4.69) is 11.3 Å². The van der Waals surface area contributed by atoms with E-state index in [0.29, 0.717) is 6.61 Å². The molecule has 0 aliphatic heterocycles. The van der Waals surface area contributed by atoms with Crippen LogP contribution >= 0.6 is 13.5 Å². The first-order valence-corrected chi connectivity index (χ1v) is 3.10. The van der Waals surface area contributed by atoms with Crippen LogP contribution in [0.4, 0.5) is 0 Å². The van der Waals surface area contributed by atoms with Gasteiger partial charge in [0.2, 0.25) is 0 Å². The maximum atomic E-state index is 10.3. The first kappa shape index (κ1) is 17.4. The molecule has 0 aliphatic rings. The van der Waals surface area contributed by atoms with Crippen molar-refractivity contribution in [1.82, 2.24) is 0 Å². The Bertz CT molecular complexity index is 107. The van der Waals surface area contributed by atoms with Crippen LogP contribution in [0.1, 0.15) is 19.8 Å². The second-order valence-corrected chi connectivity index (χ2v) is 1.73. The fourth-order valence-corrected chi connectivity index (χ4v) is 0.376. The minimum absolute atomic E-state index is 0. The van der Waals surface area contributed by atoms with E-state index in [1.807, 2.05) is 6.92 Å². The Balaban J connectivity index is -0.000000320. The van der Waals surface area contributed by atoms with E-state index in [9.17, 15) is 4.79 Å². The van der Waals surface area contributed by atoms with Crippen LogP contribution in [0.2, 0.25) is 0 Å². The number of unbranched alkanes of at least 4 members (excludes halogenated alkanes) is 1. The Labute approximate surface area is 91.8 Å². The zero-order valence-electron chi connectivity index (χ0n) is 6.93. The molecule has 0 aromatic heterocycles. The molecule has 2 nitrogen and oxygen atoms in total. The van der Waals surface area contributed by atoms with Crippen LogP contribution in [0, 0.1) is 0 Å². The van der Waals surface area contributed by atoms with Crippen molar-refractivity contribution in [2.75, 3.05) is 6.61 Å². The van der Waals surface area contributed by atoms with Crippen LogP contribution in [0.15, 0.2) is 12.7 Å². The van der Waals surface area contributed by atoms with E-state index in [-0.39, 0.29) is 43.4 Å². The van der Waals surface area contributed by atoms with E-state index < -0.39 is 0 Å². The second-order valence-electron chi connectivity index (χ2n) is 1.73. The molecular formula is C7H16O2SSn. The molecule has 0 atom stereocenters. The van der Waals surface area contributed by atoms with Crippen LogP contribution < -0.4 is 0 Å². The van der Waals surface area contributed by atoms with Gasteiger partial charge in [-0.1, -0.05) is 19.9 Å². The molecule has 0 saturated heterocycles. The Hall–Kier alpha value is 0.359. The summed E-state index contributed by atoms with van der Waals surface area (Å²) < 4.78 is 4.67. The predicted octanol–water partition coefficient (Wildman–Crippen LogP) is 0.712. The van der Waals surface area contributed by atoms with Gasteiger partial charge in [0.05, 0.1) is 6.61 Å². The molecule has 0 amide bonds. The summed E-state index contributed by atoms with van der Waals surface area (Å²) in [6, 6.07) is 0. The summed E-state index contributed by atoms with van der Waals surface area (Å²) in [5, 5.41) is 0. The van der Waals surface area contributed by atoms with E-state index in [1.165, 1.54) is 6.08 Å². The summed E-state index contributed by atoms with van der Waals surface area (Å²) in [5.74, 6) is -0.330. The Morgan fingerprint density at radius 1 is 1.64 bits per heavy atom. The van der Waals surface area contributed by atoms with Crippen molar-refractivity contribution in [3.63, 3.8) is 0 Å². The second kappa shape index (κ2) is 13.0. The number of rotatable bonds is 4. The Morgan fingerprint density at radius 3 is 2.55 bits per heavy atom. The zero-order valence-corrected chi connectivity index (χ0v) is 12.0. The van der Waals surface area contributed by atoms with Crippen molar-refractivity contribution in [1.29, 1.82) is 0 Å². The standard InChI is InChI=1S/C7H12O2.H2S.Sn.2H/c1-3-5-6-9-7(8)4-2;;;;/h4H,2-3,5-6H2,1H3;1H2;;;. The average molecular weight is 283 g/mol. The Morgan fingerprint density at radius 2 is 2.18 bits per heavy atom. The molecule has 4 heteroatoms. The molecule has 11 heavy (non-hydrogen) atoms. The third-order valence-corrected chi connectivity index (χ3v) is 0.909. The molecule has 0 fully saturated rings. The fraction of sp³-hybridized carbons (Fsp3) is 0.571. The molecular weight excluding hydrogens is 267 g/mol. The normalized spacial score (nSPS) is 7.00. The van der Waals surface area contributed by atoms with Crippen molar-refractivity contribution in [3.05, 3.63) is 12.7 Å². The molecule has 0 aliphatic carbocycles. The van der Waals surface area contributed by atoms with E-state index in [0.717, 1.165) is 12.8 Å². The molecule has 0 bridgehead atoms. The Kier molecular flexibility index (Phi) is 20.6. The molecule has 0 heterocycles. The fourth-order valence-electron chi connectivity index (χ4n) is 0.376. The molecule has 0 saturated carbocycles. The van der Waals surface area contributed by atoms with Gasteiger partial charge in [0.25, 0.3) is 0 Å². The van der Waals surface area contributed by atoms with Crippen LogP contribution in [0.25, 0.3) is 0 Å². The molecule has 2 radical (unpaired) electrons. The molecule has 0 N–H and O–H groups in total. The van der Waals surface area contributed by atoms with Gasteiger partial charge in [-0.05, 0) is 6.42 Å². The number of hydrogen-bond acceptors (Lipinski definition) is 2. The van der Waals surface area contributed by atoms with E-state index in [4.69, 9.17) is 0 Å². The van der Waals surface area contributed by atoms with Gasteiger partial charge in [-0.3, -0.25) is 0 Å². The van der Waals surface area contributed by atoms with Crippen LogP contribution in [-0.4, -0.2) is 36.5 Å². The van der Waals surface area contributed by atoms with Gasteiger partial charge >= 0.3 is 29.9 Å². The SMILES string of the molecule is C=CC(=O)OCCCC.S.[SnH2]. The molecule has 0 spiro atoms. The van der Waals surface area contributed by atoms with Crippen molar-refractivity contribution in [3.8, 4) is 0 Å². The number of ether oxygens (including phenoxy) is 1. The van der Waals surface area contributed by atoms with Crippen LogP contribution in [-0.2, 0) is 9.53 Å². The summed E-state index contributed by atoms with van der Waals surface area (Å²) in [7, 11) is 0. The van der Waals surface area contributed by atoms with E-state index in [1.54, 1.807) is 0 Å². The average Bonchev–Trinajstić information content (AvgIpc) is 1.89. The maximum absolute atomic E-state index is 10.3. The first-order chi connectivity index (χ1) is 4.31. The topological polar surface area (TPSA) is 26.3 Å². The van der Waals surface area contributed by atoms with Crippen LogP contribution in [0.5, 0.6) is 0 Å². The quantitative estimate of drug-likeness (QED) is 0.329. The molecule has 0 aromatic rings. The summed E-state index contributed by atoms with van der Waals surface area (Å²) in [6.07, 6.45) is 3.15. The van der Waals surface area contributed by atoms with Gasteiger partial charge in [0, 0.05) is 6.08 Å². The molecule has 0 aromatic carbocycles. The number of esters is 1. The minimum atomic E-state index is -0.330. The van der Waals surface area contributed by atoms with E-state index >= 15 is 0 Å². The van der Waals surface area contributed by atoms with Gasteiger partial charge in [-0.25, -0.2) is 4.79 Å². The first-order valence-electron chi connectivity index (χ1n) is 3.10. The number of carbonyl (C=O) groups excluding carboxylic acids is 1. The monoisotopic (exact) mass is 284 g/mol. The third-order valence-electron chi connectivity index (χ3n) is 0.909. The van der Waals surface area contributed by atoms with Gasteiger partial charge in [0.15, 0.2) is 0 Å². The summed E-state index contributed by atoms with van der Waals surface area (Å²) in [4.78, 5) is 10.3. The van der Waals surface area contributed by atoms with Gasteiger partial charge in [-0.2, -0.15) is 13.5 Å². The van der Waals surface area contributed by atoms with Gasteiger partial charge in [0.1, 0.15) is 0 Å². The molecule has 0 rings (SSSR count). The predicted molar refractivity (Wildman–Crippen MR) is 55.0 cm³/mol. The summed E-state index contributed by atoms with van der Waals surface area (Å²) in [5.41, 5.74) is 0. The van der Waals surface area contributed by atoms with Crippen LogP contribution in [0.3, 0.4) is 0 Å². The van der Waals surface area contributed by atoms with Crippen molar-refractivity contribution < 1.29 is 9.53 Å². The zero-order chi connectivity index (χ0) is 7.11. The summed E-state index contributed by atoms with van der Waals surface area (Å²) >= 11 is 0. The number of carbonyl (C=O) groups is 1. The van der Waals surface area contributed by atoms with Gasteiger partial charge in [-0.15, -0.1) is 0 Å². The van der Waals surface area contributed by atoms with Crippen molar-refractivity contribution in [2.45, 2.75) is 19.8 Å². The van der Waals surface area contributed by atoms with Crippen molar-refractivity contribution >= 4 is 43.4 Å². The molecule has 0 unspecified atom stereocenters. The molecule has 66 valence electrons. The number of hydrogen-bond donors (Lipinski definition) is 0.